The molecule has 2 aliphatic rings. The Morgan fingerprint density at radius 3 is 2.94 bits per heavy atom. The largest absolute Gasteiger partial charge is 0.506 e. The molecule has 1 aliphatic heterocycles. The van der Waals surface area contributed by atoms with E-state index in [-0.39, 0.29) is 0 Å². The summed E-state index contributed by atoms with van der Waals surface area (Å²) in [6, 6.07) is 2.68. The number of halogens is 1. The number of benzene rings is 1. The van der Waals surface area contributed by atoms with Crippen LogP contribution in [0, 0.1) is 0 Å². The highest BCUT2D eigenvalue weighted by molar-refractivity contribution is 6.33. The van der Waals surface area contributed by atoms with E-state index < -0.39 is 0 Å². The van der Waals surface area contributed by atoms with E-state index in [1.165, 1.54) is 36.8 Å². The maximum Gasteiger partial charge on any atom is 0.137 e. The van der Waals surface area contributed by atoms with Crippen LogP contribution in [0.15, 0.2) is 6.07 Å². The summed E-state index contributed by atoms with van der Waals surface area (Å²) in [5.74, 6) is 0.324. The first-order valence-electron chi connectivity index (χ1n) is 7.01. The molecule has 0 aromatic heterocycles. The molecule has 1 aromatic rings. The van der Waals surface area contributed by atoms with Crippen molar-refractivity contribution in [3.05, 3.63) is 27.8 Å². The van der Waals surface area contributed by atoms with Crippen LogP contribution in [0.4, 0.5) is 0 Å². The average molecular weight is 266 g/mol. The number of nitrogens with one attached hydrogen (secondary N) is 1. The van der Waals surface area contributed by atoms with Gasteiger partial charge in [0.05, 0.1) is 5.02 Å². The van der Waals surface area contributed by atoms with Crippen molar-refractivity contribution >= 4 is 11.6 Å². The molecule has 1 atom stereocenters. The van der Waals surface area contributed by atoms with E-state index in [2.05, 4.69) is 11.4 Å². The molecule has 0 saturated carbocycles. The minimum atomic E-state index is 0.324. The third-order valence-electron chi connectivity index (χ3n) is 4.26. The van der Waals surface area contributed by atoms with Crippen LogP contribution in [0.2, 0.25) is 5.02 Å². The Hall–Kier alpha value is -0.730. The highest BCUT2D eigenvalue weighted by Crippen LogP contribution is 2.38. The van der Waals surface area contributed by atoms with Gasteiger partial charge in [0.2, 0.25) is 0 Å². The molecule has 0 bridgehead atoms. The smallest absolute Gasteiger partial charge is 0.137 e. The number of phenolic OH excluding ortho intramolecular Hbond substituents is 1. The molecule has 98 valence electrons. The van der Waals surface area contributed by atoms with Gasteiger partial charge in [-0.05, 0) is 61.8 Å². The topological polar surface area (TPSA) is 32.3 Å². The maximum absolute atomic E-state index is 10.2. The standard InChI is InChI=1S/C15H20ClNO/c16-14-13-6-3-4-10(13)8-11(15(14)18)9-12-5-1-2-7-17-12/h8,12,17-18H,1-7,9H2. The van der Waals surface area contributed by atoms with Crippen LogP contribution in [0.25, 0.3) is 0 Å². The van der Waals surface area contributed by atoms with Gasteiger partial charge in [0.1, 0.15) is 5.75 Å². The van der Waals surface area contributed by atoms with E-state index in [0.717, 1.165) is 31.4 Å². The molecule has 1 heterocycles. The van der Waals surface area contributed by atoms with E-state index in [4.69, 9.17) is 11.6 Å². The zero-order valence-electron chi connectivity index (χ0n) is 10.6. The van der Waals surface area contributed by atoms with Gasteiger partial charge in [-0.3, -0.25) is 0 Å². The molecule has 3 rings (SSSR count). The summed E-state index contributed by atoms with van der Waals surface area (Å²) in [6.45, 7) is 1.10. The normalized spacial score (nSPS) is 23.1. The third-order valence-corrected chi connectivity index (χ3v) is 4.67. The summed E-state index contributed by atoms with van der Waals surface area (Å²) in [7, 11) is 0. The van der Waals surface area contributed by atoms with Crippen LogP contribution in [0.5, 0.6) is 5.75 Å². The van der Waals surface area contributed by atoms with Crippen LogP contribution in [-0.2, 0) is 19.3 Å². The van der Waals surface area contributed by atoms with Crippen LogP contribution in [0.1, 0.15) is 42.4 Å². The molecule has 1 saturated heterocycles. The van der Waals surface area contributed by atoms with Crippen molar-refractivity contribution in [3.63, 3.8) is 0 Å². The van der Waals surface area contributed by atoms with Crippen LogP contribution in [-0.4, -0.2) is 17.7 Å². The Bertz CT molecular complexity index is 452. The van der Waals surface area contributed by atoms with Crippen molar-refractivity contribution in [2.24, 2.45) is 0 Å². The molecule has 1 unspecified atom stereocenters. The van der Waals surface area contributed by atoms with E-state index in [0.29, 0.717) is 16.8 Å². The minimum absolute atomic E-state index is 0.324. The van der Waals surface area contributed by atoms with E-state index in [9.17, 15) is 5.11 Å². The SMILES string of the molecule is Oc1c(CC2CCCCN2)cc2c(c1Cl)CCC2. The first-order valence-corrected chi connectivity index (χ1v) is 7.39. The molecule has 2 nitrogen and oxygen atoms in total. The van der Waals surface area contributed by atoms with E-state index in [1.807, 2.05) is 0 Å². The fourth-order valence-electron chi connectivity index (χ4n) is 3.26. The molecule has 0 spiro atoms. The van der Waals surface area contributed by atoms with Gasteiger partial charge in [-0.2, -0.15) is 0 Å². The Labute approximate surface area is 113 Å². The monoisotopic (exact) mass is 265 g/mol. The summed E-state index contributed by atoms with van der Waals surface area (Å²) in [5.41, 5.74) is 3.55. The van der Waals surface area contributed by atoms with Crippen molar-refractivity contribution in [2.75, 3.05) is 6.54 Å². The van der Waals surface area contributed by atoms with Crippen molar-refractivity contribution in [3.8, 4) is 5.75 Å². The maximum atomic E-state index is 10.2. The highest BCUT2D eigenvalue weighted by Gasteiger charge is 2.22. The molecule has 1 aromatic carbocycles. The Morgan fingerprint density at radius 2 is 2.17 bits per heavy atom. The summed E-state index contributed by atoms with van der Waals surface area (Å²) in [6.07, 6.45) is 7.96. The number of rotatable bonds is 2. The van der Waals surface area contributed by atoms with Crippen molar-refractivity contribution in [1.82, 2.24) is 5.32 Å². The molecule has 1 fully saturated rings. The second kappa shape index (κ2) is 5.10. The molecule has 3 heteroatoms. The van der Waals surface area contributed by atoms with Gasteiger partial charge < -0.3 is 10.4 Å². The number of piperidine rings is 1. The Kier molecular flexibility index (Phi) is 3.49. The molecule has 0 amide bonds. The number of fused-ring (bicyclic) bond motifs is 1. The predicted octanol–water partition coefficient (Wildman–Crippen LogP) is 3.22. The number of hydrogen-bond donors (Lipinski definition) is 2. The summed E-state index contributed by atoms with van der Waals surface area (Å²) in [5, 5.41) is 14.4. The summed E-state index contributed by atoms with van der Waals surface area (Å²) in [4.78, 5) is 0. The van der Waals surface area contributed by atoms with Gasteiger partial charge in [0.25, 0.3) is 0 Å². The van der Waals surface area contributed by atoms with Gasteiger partial charge >= 0.3 is 0 Å². The Balaban J connectivity index is 1.85. The fraction of sp³-hybridized carbons (Fsp3) is 0.600. The van der Waals surface area contributed by atoms with Crippen LogP contribution < -0.4 is 5.32 Å². The fourth-order valence-corrected chi connectivity index (χ4v) is 3.60. The van der Waals surface area contributed by atoms with Gasteiger partial charge in [-0.15, -0.1) is 0 Å². The quantitative estimate of drug-likeness (QED) is 0.861. The van der Waals surface area contributed by atoms with Crippen molar-refractivity contribution < 1.29 is 5.11 Å². The van der Waals surface area contributed by atoms with Crippen molar-refractivity contribution in [2.45, 2.75) is 51.0 Å². The lowest BCUT2D eigenvalue weighted by molar-refractivity contribution is 0.391. The number of phenols is 1. The number of aryl methyl sites for hydroxylation is 1. The summed E-state index contributed by atoms with van der Waals surface area (Å²) >= 11 is 6.29. The molecule has 1 aliphatic carbocycles. The van der Waals surface area contributed by atoms with Gasteiger partial charge in [0, 0.05) is 6.04 Å². The lowest BCUT2D eigenvalue weighted by Gasteiger charge is -2.24. The average Bonchev–Trinajstić information content (AvgIpc) is 2.85. The number of aromatic hydroxyl groups is 1. The second-order valence-corrected chi connectivity index (χ2v) is 5.92. The first kappa shape index (κ1) is 12.3. The van der Waals surface area contributed by atoms with E-state index >= 15 is 0 Å². The molecular weight excluding hydrogens is 246 g/mol. The minimum Gasteiger partial charge on any atom is -0.506 e. The number of hydrogen-bond acceptors (Lipinski definition) is 2. The predicted molar refractivity (Wildman–Crippen MR) is 74.5 cm³/mol. The van der Waals surface area contributed by atoms with Gasteiger partial charge in [0.15, 0.2) is 0 Å². The van der Waals surface area contributed by atoms with Gasteiger partial charge in [-0.25, -0.2) is 0 Å². The third kappa shape index (κ3) is 2.24. The molecule has 2 N–H and O–H groups in total. The molecule has 0 radical (unpaired) electrons. The lowest BCUT2D eigenvalue weighted by Crippen LogP contribution is -2.35. The Morgan fingerprint density at radius 1 is 1.28 bits per heavy atom. The van der Waals surface area contributed by atoms with Crippen LogP contribution >= 0.6 is 11.6 Å². The summed E-state index contributed by atoms with van der Waals surface area (Å²) < 4.78 is 0. The zero-order valence-corrected chi connectivity index (χ0v) is 11.4. The second-order valence-electron chi connectivity index (χ2n) is 5.54. The molecule has 18 heavy (non-hydrogen) atoms. The van der Waals surface area contributed by atoms with Crippen molar-refractivity contribution in [1.29, 1.82) is 0 Å². The van der Waals surface area contributed by atoms with Crippen LogP contribution in [0.3, 0.4) is 0 Å². The zero-order chi connectivity index (χ0) is 12.5. The molecular formula is C15H20ClNO. The lowest BCUT2D eigenvalue weighted by atomic mass is 9.95. The highest BCUT2D eigenvalue weighted by atomic mass is 35.5. The van der Waals surface area contributed by atoms with E-state index in [1.54, 1.807) is 0 Å². The van der Waals surface area contributed by atoms with Gasteiger partial charge in [-0.1, -0.05) is 24.1 Å². The first-order chi connectivity index (χ1) is 8.75.